The number of hydrogen-bond acceptors (Lipinski definition) is 4. The number of carbonyl (C=O) groups is 1. The Hall–Kier alpha value is -2.93. The molecule has 0 aromatic heterocycles. The lowest BCUT2D eigenvalue weighted by atomic mass is 10.1. The first-order chi connectivity index (χ1) is 12.9. The van der Waals surface area contributed by atoms with Crippen molar-refractivity contribution in [2.45, 2.75) is 27.0 Å². The molecule has 2 aromatic carbocycles. The Kier molecular flexibility index (Phi) is 5.41. The first-order valence-corrected chi connectivity index (χ1v) is 9.82. The molecule has 3 rings (SSSR count). The lowest BCUT2D eigenvalue weighted by Crippen LogP contribution is -2.31. The molecular formula is C20H20N2O4S. The molecule has 0 amide bonds. The molecule has 1 aliphatic heterocycles. The van der Waals surface area contributed by atoms with Crippen LogP contribution in [0.2, 0.25) is 0 Å². The van der Waals surface area contributed by atoms with Gasteiger partial charge in [0.05, 0.1) is 17.8 Å². The first kappa shape index (κ1) is 18.8. The molecule has 7 heteroatoms. The second kappa shape index (κ2) is 7.75. The smallest absolute Gasteiger partial charge is 0.344 e. The predicted molar refractivity (Wildman–Crippen MR) is 103 cm³/mol. The summed E-state index contributed by atoms with van der Waals surface area (Å²) >= 11 is 0. The van der Waals surface area contributed by atoms with Crippen LogP contribution >= 0.6 is 0 Å². The van der Waals surface area contributed by atoms with Crippen LogP contribution in [0.4, 0.5) is 0 Å². The average molecular weight is 384 g/mol. The number of ether oxygens (including phenoxy) is 1. The summed E-state index contributed by atoms with van der Waals surface area (Å²) in [7, 11) is -3.87. The Bertz CT molecular complexity index is 1010. The van der Waals surface area contributed by atoms with E-state index in [-0.39, 0.29) is 24.4 Å². The summed E-state index contributed by atoms with van der Waals surface area (Å²) in [4.78, 5) is 12.5. The lowest BCUT2D eigenvalue weighted by Gasteiger charge is -2.23. The van der Waals surface area contributed by atoms with Gasteiger partial charge in [0.25, 0.3) is 0 Å². The molecular weight excluding hydrogens is 364 g/mol. The highest BCUT2D eigenvalue weighted by atomic mass is 32.2. The number of nitrogens with zero attached hydrogens (tertiary/aromatic N) is 2. The van der Waals surface area contributed by atoms with Gasteiger partial charge in [-0.05, 0) is 30.5 Å². The Labute approximate surface area is 159 Å². The maximum Gasteiger partial charge on any atom is 0.344 e. The van der Waals surface area contributed by atoms with Crippen molar-refractivity contribution in [3.63, 3.8) is 0 Å². The van der Waals surface area contributed by atoms with Gasteiger partial charge in [0.1, 0.15) is 6.61 Å². The average Bonchev–Trinajstić information content (AvgIpc) is 2.63. The SMILES string of the molecule is CC1=NS(=O)(=O)N(Cc2ccccc2)C=C1C(=O)OCc1ccccc1C. The van der Waals surface area contributed by atoms with Crippen LogP contribution in [0.5, 0.6) is 0 Å². The Morgan fingerprint density at radius 1 is 1.04 bits per heavy atom. The van der Waals surface area contributed by atoms with Crippen LogP contribution < -0.4 is 0 Å². The Morgan fingerprint density at radius 3 is 2.41 bits per heavy atom. The number of rotatable bonds is 5. The molecule has 0 spiro atoms. The van der Waals surface area contributed by atoms with Gasteiger partial charge in [0.15, 0.2) is 0 Å². The van der Waals surface area contributed by atoms with E-state index < -0.39 is 16.2 Å². The number of aryl methyl sites for hydroxylation is 1. The largest absolute Gasteiger partial charge is 0.457 e. The highest BCUT2D eigenvalue weighted by molar-refractivity contribution is 7.88. The molecule has 2 aromatic rings. The van der Waals surface area contributed by atoms with Crippen molar-refractivity contribution < 1.29 is 17.9 Å². The van der Waals surface area contributed by atoms with Gasteiger partial charge in [0.2, 0.25) is 0 Å². The van der Waals surface area contributed by atoms with Crippen LogP contribution in [-0.2, 0) is 32.9 Å². The molecule has 0 unspecified atom stereocenters. The van der Waals surface area contributed by atoms with E-state index in [1.54, 1.807) is 0 Å². The highest BCUT2D eigenvalue weighted by Crippen LogP contribution is 2.21. The topological polar surface area (TPSA) is 76.0 Å². The molecule has 0 saturated carbocycles. The summed E-state index contributed by atoms with van der Waals surface area (Å²) in [6.07, 6.45) is 1.30. The van der Waals surface area contributed by atoms with Crippen LogP contribution in [0.3, 0.4) is 0 Å². The van der Waals surface area contributed by atoms with Gasteiger partial charge in [-0.2, -0.15) is 8.42 Å². The molecule has 6 nitrogen and oxygen atoms in total. The van der Waals surface area contributed by atoms with Crippen LogP contribution in [0.15, 0.2) is 70.8 Å². The zero-order valence-corrected chi connectivity index (χ0v) is 15.9. The van der Waals surface area contributed by atoms with Gasteiger partial charge in [0, 0.05) is 6.20 Å². The number of esters is 1. The van der Waals surface area contributed by atoms with E-state index in [0.717, 1.165) is 21.0 Å². The molecule has 1 heterocycles. The molecule has 0 radical (unpaired) electrons. The molecule has 0 atom stereocenters. The van der Waals surface area contributed by atoms with E-state index in [0.29, 0.717) is 0 Å². The highest BCUT2D eigenvalue weighted by Gasteiger charge is 2.29. The second-order valence-corrected chi connectivity index (χ2v) is 7.78. The molecule has 1 aliphatic rings. The molecule has 27 heavy (non-hydrogen) atoms. The first-order valence-electron chi connectivity index (χ1n) is 8.43. The van der Waals surface area contributed by atoms with Crippen molar-refractivity contribution in [3.8, 4) is 0 Å². The van der Waals surface area contributed by atoms with Crippen molar-refractivity contribution in [2.24, 2.45) is 4.40 Å². The summed E-state index contributed by atoms with van der Waals surface area (Å²) in [6, 6.07) is 16.7. The molecule has 140 valence electrons. The Morgan fingerprint density at radius 2 is 1.70 bits per heavy atom. The van der Waals surface area contributed by atoms with Crippen LogP contribution in [0, 0.1) is 6.92 Å². The number of hydrogen-bond donors (Lipinski definition) is 0. The van der Waals surface area contributed by atoms with Gasteiger partial charge < -0.3 is 4.74 Å². The van der Waals surface area contributed by atoms with E-state index in [1.807, 2.05) is 61.5 Å². The minimum Gasteiger partial charge on any atom is -0.457 e. The van der Waals surface area contributed by atoms with E-state index in [1.165, 1.54) is 13.1 Å². The summed E-state index contributed by atoms with van der Waals surface area (Å²) in [5.74, 6) is -0.604. The maximum absolute atomic E-state index is 12.5. The fourth-order valence-electron chi connectivity index (χ4n) is 2.66. The van der Waals surface area contributed by atoms with Crippen LogP contribution in [0.25, 0.3) is 0 Å². The molecule has 0 saturated heterocycles. The minimum absolute atomic E-state index is 0.0918. The van der Waals surface area contributed by atoms with Crippen molar-refractivity contribution in [2.75, 3.05) is 0 Å². The van der Waals surface area contributed by atoms with Crippen molar-refractivity contribution in [3.05, 3.63) is 83.1 Å². The van der Waals surface area contributed by atoms with Gasteiger partial charge >= 0.3 is 16.2 Å². The summed E-state index contributed by atoms with van der Waals surface area (Å²) in [5, 5.41) is 0. The monoisotopic (exact) mass is 384 g/mol. The van der Waals surface area contributed by atoms with Crippen molar-refractivity contribution >= 4 is 21.9 Å². The van der Waals surface area contributed by atoms with Gasteiger partial charge in [-0.15, -0.1) is 4.40 Å². The lowest BCUT2D eigenvalue weighted by molar-refractivity contribution is -0.139. The fourth-order valence-corrected chi connectivity index (χ4v) is 3.76. The molecule has 0 fully saturated rings. The van der Waals surface area contributed by atoms with Gasteiger partial charge in [-0.3, -0.25) is 4.31 Å². The van der Waals surface area contributed by atoms with E-state index >= 15 is 0 Å². The third kappa shape index (κ3) is 4.43. The van der Waals surface area contributed by atoms with E-state index in [2.05, 4.69) is 4.40 Å². The zero-order chi connectivity index (χ0) is 19.4. The fraction of sp³-hybridized carbons (Fsp3) is 0.200. The normalized spacial score (nSPS) is 15.7. The second-order valence-electron chi connectivity index (χ2n) is 6.23. The summed E-state index contributed by atoms with van der Waals surface area (Å²) in [6.45, 7) is 3.62. The number of benzene rings is 2. The quantitative estimate of drug-likeness (QED) is 0.742. The van der Waals surface area contributed by atoms with E-state index in [9.17, 15) is 13.2 Å². The van der Waals surface area contributed by atoms with Crippen molar-refractivity contribution in [1.82, 2.24) is 4.31 Å². The molecule has 0 bridgehead atoms. The summed E-state index contributed by atoms with van der Waals surface area (Å²) < 4.78 is 34.8. The summed E-state index contributed by atoms with van der Waals surface area (Å²) in [5.41, 5.74) is 2.95. The predicted octanol–water partition coefficient (Wildman–Crippen LogP) is 3.14. The van der Waals surface area contributed by atoms with Crippen LogP contribution in [-0.4, -0.2) is 24.4 Å². The standard InChI is InChI=1S/C20H20N2O4S/c1-15-8-6-7-11-18(15)14-26-20(23)19-13-22(27(24,25)21-16(19)2)12-17-9-4-3-5-10-17/h3-11,13H,12,14H2,1-2H3. The Balaban J connectivity index is 1.79. The third-order valence-corrected chi connectivity index (χ3v) is 5.56. The van der Waals surface area contributed by atoms with E-state index in [4.69, 9.17) is 4.74 Å². The number of carbonyl (C=O) groups excluding carboxylic acids is 1. The van der Waals surface area contributed by atoms with Gasteiger partial charge in [-0.25, -0.2) is 4.79 Å². The minimum atomic E-state index is -3.87. The molecule has 0 N–H and O–H groups in total. The molecule has 0 aliphatic carbocycles. The third-order valence-electron chi connectivity index (χ3n) is 4.23. The van der Waals surface area contributed by atoms with Gasteiger partial charge in [-0.1, -0.05) is 54.6 Å². The van der Waals surface area contributed by atoms with Crippen LogP contribution in [0.1, 0.15) is 23.6 Å². The maximum atomic E-state index is 12.5. The zero-order valence-electron chi connectivity index (χ0n) is 15.1. The van der Waals surface area contributed by atoms with Crippen molar-refractivity contribution in [1.29, 1.82) is 0 Å².